The fourth-order valence-electron chi connectivity index (χ4n) is 14.4. The molecule has 0 aliphatic carbocycles. The van der Waals surface area contributed by atoms with Gasteiger partial charge in [-0.1, -0.05) is 91.0 Å². The molecule has 1 atom stereocenters. The molecule has 5 aromatic heterocycles. The first-order chi connectivity index (χ1) is 60.7. The van der Waals surface area contributed by atoms with Gasteiger partial charge in [0.25, 0.3) is 0 Å². The Bertz CT molecular complexity index is 6790. The van der Waals surface area contributed by atoms with E-state index < -0.39 is 0 Å². The Morgan fingerprint density at radius 2 is 0.584 bits per heavy atom. The summed E-state index contributed by atoms with van der Waals surface area (Å²) >= 11 is 0. The topological polar surface area (TPSA) is 248 Å². The molecule has 0 spiro atoms. The third-order valence-corrected chi connectivity index (χ3v) is 21.0. The van der Waals surface area contributed by atoms with E-state index in [0.29, 0.717) is 146 Å². The lowest BCUT2D eigenvalue weighted by Gasteiger charge is -2.25. The number of fused-ring (bicyclic) bond motifs is 5. The molecule has 8 N–H and O–H groups in total. The van der Waals surface area contributed by atoms with Gasteiger partial charge < -0.3 is 25.8 Å². The second-order valence-electron chi connectivity index (χ2n) is 29.9. The number of aromatic amines is 5. The van der Waals surface area contributed by atoms with E-state index in [1.54, 1.807) is 91.0 Å². The maximum absolute atomic E-state index is 14.6. The summed E-state index contributed by atoms with van der Waals surface area (Å²) in [6.45, 7) is 8.52. The number of amidine groups is 5. The summed E-state index contributed by atoms with van der Waals surface area (Å²) in [4.78, 5) is 25.8. The average Bonchev–Trinajstić information content (AvgIpc) is 1.58. The summed E-state index contributed by atoms with van der Waals surface area (Å²) in [7, 11) is 3.83. The van der Waals surface area contributed by atoms with Gasteiger partial charge in [0, 0.05) is 117 Å². The summed E-state index contributed by atoms with van der Waals surface area (Å²) in [5.41, 5.74) is 13.2. The summed E-state index contributed by atoms with van der Waals surface area (Å²) in [6.07, 6.45) is 20.3. The van der Waals surface area contributed by atoms with Gasteiger partial charge in [0.05, 0.1) is 104 Å². The number of likely N-dealkylation sites (N-methyl/N-ethyl adjacent to an activating group) is 1. The first-order valence-corrected chi connectivity index (χ1v) is 40.2. The molecule has 5 aliphatic rings. The molecule has 0 radical (unpaired) electrons. The quantitative estimate of drug-likeness (QED) is 0.0451. The maximum atomic E-state index is 14.6. The van der Waals surface area contributed by atoms with Gasteiger partial charge in [0.15, 0.2) is 0 Å². The van der Waals surface area contributed by atoms with Gasteiger partial charge in [-0.05, 0) is 169 Å². The molecule has 630 valence electrons. The van der Waals surface area contributed by atoms with Crippen molar-refractivity contribution in [1.29, 1.82) is 0 Å². The first-order valence-electron chi connectivity index (χ1n) is 40.2. The van der Waals surface area contributed by atoms with Crippen LogP contribution in [0, 0.1) is 58.2 Å². The number of hydrogen-bond donors (Lipinski definition) is 8. The molecule has 20 rings (SSSR count). The van der Waals surface area contributed by atoms with Crippen LogP contribution in [0.2, 0.25) is 0 Å². The van der Waals surface area contributed by atoms with Gasteiger partial charge in [-0.3, -0.25) is 50.5 Å². The van der Waals surface area contributed by atoms with Gasteiger partial charge in [-0.15, -0.1) is 0 Å². The Hall–Kier alpha value is -15.1. The Morgan fingerprint density at radius 1 is 0.296 bits per heavy atom. The summed E-state index contributed by atoms with van der Waals surface area (Å²) in [5.74, 6) is 0.0315. The van der Waals surface area contributed by atoms with E-state index in [1.165, 1.54) is 91.0 Å². The van der Waals surface area contributed by atoms with Crippen LogP contribution in [-0.2, 0) is 0 Å². The van der Waals surface area contributed by atoms with Crippen molar-refractivity contribution in [2.24, 2.45) is 25.0 Å². The van der Waals surface area contributed by atoms with Crippen molar-refractivity contribution in [2.45, 2.75) is 25.8 Å². The smallest absolute Gasteiger partial charge is 0.136 e. The van der Waals surface area contributed by atoms with Crippen molar-refractivity contribution in [3.05, 3.63) is 324 Å². The maximum Gasteiger partial charge on any atom is 0.136 e. The number of aliphatic imine (C=N–C) groups is 5. The van der Waals surface area contributed by atoms with Crippen LogP contribution in [-0.4, -0.2) is 169 Å². The molecule has 0 saturated heterocycles. The lowest BCUT2D eigenvalue weighted by molar-refractivity contribution is 0.465. The van der Waals surface area contributed by atoms with Crippen molar-refractivity contribution in [3.63, 3.8) is 0 Å². The van der Waals surface area contributed by atoms with Crippen molar-refractivity contribution in [1.82, 2.24) is 76.7 Å². The number of benzene rings is 10. The molecule has 125 heavy (non-hydrogen) atoms. The van der Waals surface area contributed by atoms with Crippen molar-refractivity contribution >= 4 is 144 Å². The zero-order valence-corrected chi connectivity index (χ0v) is 67.6. The van der Waals surface area contributed by atoms with Crippen LogP contribution >= 0.6 is 0 Å². The Morgan fingerprint density at radius 3 is 0.864 bits per heavy atom. The van der Waals surface area contributed by atoms with Crippen LogP contribution in [0.5, 0.6) is 0 Å². The second-order valence-corrected chi connectivity index (χ2v) is 29.9. The summed E-state index contributed by atoms with van der Waals surface area (Å²) in [5, 5.41) is 48.9. The van der Waals surface area contributed by atoms with Gasteiger partial charge in [0.2, 0.25) is 0 Å². The van der Waals surface area contributed by atoms with E-state index >= 15 is 0 Å². The minimum absolute atomic E-state index is 0.201. The highest BCUT2D eigenvalue weighted by Gasteiger charge is 2.25. The highest BCUT2D eigenvalue weighted by molar-refractivity contribution is 6.08. The third kappa shape index (κ3) is 19.9. The Labute approximate surface area is 709 Å². The van der Waals surface area contributed by atoms with Gasteiger partial charge in [-0.2, -0.15) is 25.5 Å². The number of nitrogens with zero attached hydrogens (tertiary/aromatic N) is 12. The molecule has 10 aromatic carbocycles. The lowest BCUT2D eigenvalue weighted by atomic mass is 10.1. The molecule has 1 unspecified atom stereocenters. The Kier molecular flexibility index (Phi) is 25.3. The van der Waals surface area contributed by atoms with Crippen LogP contribution < -0.4 is 16.0 Å². The number of hydrogen-bond acceptors (Lipinski definition) is 15. The van der Waals surface area contributed by atoms with Crippen molar-refractivity contribution in [2.75, 3.05) is 73.0 Å². The zero-order chi connectivity index (χ0) is 86.6. The molecule has 10 heterocycles. The fourth-order valence-corrected chi connectivity index (χ4v) is 14.4. The minimum atomic E-state index is -0.342. The van der Waals surface area contributed by atoms with E-state index in [1.807, 2.05) is 91.6 Å². The van der Waals surface area contributed by atoms with Gasteiger partial charge in [-0.25, -0.2) is 43.9 Å². The molecule has 15 aromatic rings. The number of halogens is 10. The number of aromatic nitrogens is 10. The molecule has 20 nitrogen and oxygen atoms in total. The number of rotatable bonds is 15. The second kappa shape index (κ2) is 37.9. The molecule has 5 aliphatic heterocycles. The first kappa shape index (κ1) is 83.5. The van der Waals surface area contributed by atoms with Crippen molar-refractivity contribution in [3.8, 4) is 0 Å². The largest absolute Gasteiger partial charge is 0.370 e. The fraction of sp³-hybridized carbons (Fsp3) is 0.158. The SMILES string of the molecule is CC1CN=C(c2cc3c(/C=C/c4ccc(F)cc4)n[nH]c3cc2F)N1.CN1CCCN=C1c1cc2c(/C=C/c3ccc(F)cc3)n[nH]c2cc1F.CN1CCN=C1c1cc2c(/C=C/c3ccc(F)cc3)n[nH]c2cc1F.Fc1ccc(/C=C/c2n[nH]c3cc(F)c(C4=NCCCN4)cc23)cc1.Fc1ccc(/C=C/c2n[nH]c3cc(F)c(C4=NCCN4)cc23)cc1. The molecular weight excluding hydrogens is 1610 g/mol. The third-order valence-electron chi connectivity index (χ3n) is 21.0. The predicted octanol–water partition coefficient (Wildman–Crippen LogP) is 18.7. The molecule has 30 heteroatoms. The molecule has 0 amide bonds. The summed E-state index contributed by atoms with van der Waals surface area (Å²) < 4.78 is 137. The standard InChI is InChI=1S/C20H18F2N4.3C19H16F2N4.C18H14F2N4/c1-26-10-2-9-23-20(26)15-11-16-18(24-25-19(16)12-17(15)22)8-5-13-3-6-14(21)7-4-13;1-11-10-22-19(23-11)14-8-15-17(24-25-18(15)9-16(14)21)7-4-12-2-5-13(20)6-3-12;1-25-9-8-22-19(25)14-10-15-17(23-24-18(15)11-16(14)21)7-4-12-2-5-13(20)6-3-12;20-13-5-2-12(3-6-13)4-7-17-15-10-14(19-22-8-1-9-23-19)16(21)11-18(15)25-24-17;19-12-4-1-11(2-5-12)3-6-16-14-9-13(18-21-7-8-22-18)15(20)10-17(14)24-23-16/h3-8,11-12H,2,9-10H2,1H3,(H,24,25);2-9,11H,10H2,1H3,(H,22,23)(H,24,25);2-7,10-11H,8-9H2,1H3,(H,23,24);2-7,10-11H,1,8-9H2,(H,22,23)(H,24,25);1-6,9-10H,7-8H2,(H,21,22)(H,23,24)/b8-5+;3*7-4+;6-3+. The predicted molar refractivity (Wildman–Crippen MR) is 477 cm³/mol. The summed E-state index contributed by atoms with van der Waals surface area (Å²) in [6, 6.07) is 47.1. The monoisotopic (exact) mass is 1690 g/mol. The van der Waals surface area contributed by atoms with Crippen molar-refractivity contribution < 1.29 is 43.9 Å². The molecule has 0 saturated carbocycles. The molecular formula is C95H80F10N20. The average molecular weight is 1690 g/mol. The van der Waals surface area contributed by atoms with E-state index in [0.717, 1.165) is 93.8 Å². The van der Waals surface area contributed by atoms with Gasteiger partial charge in [0.1, 0.15) is 87.4 Å². The van der Waals surface area contributed by atoms with E-state index in [2.05, 4.69) is 91.9 Å². The number of nitrogens with one attached hydrogen (secondary N) is 8. The molecule has 0 bridgehead atoms. The van der Waals surface area contributed by atoms with E-state index in [4.69, 9.17) is 0 Å². The van der Waals surface area contributed by atoms with Crippen LogP contribution in [0.3, 0.4) is 0 Å². The van der Waals surface area contributed by atoms with Gasteiger partial charge >= 0.3 is 0 Å². The zero-order valence-electron chi connectivity index (χ0n) is 67.6. The Balaban J connectivity index is 0.000000115. The highest BCUT2D eigenvalue weighted by atomic mass is 19.2. The van der Waals surface area contributed by atoms with E-state index in [9.17, 15) is 43.9 Å². The normalized spacial score (nSPS) is 15.2. The molecule has 0 fully saturated rings. The van der Waals surface area contributed by atoms with Crippen LogP contribution in [0.4, 0.5) is 43.9 Å². The lowest BCUT2D eigenvalue weighted by Crippen LogP contribution is -2.33. The van der Waals surface area contributed by atoms with Crippen LogP contribution in [0.15, 0.2) is 207 Å². The van der Waals surface area contributed by atoms with Crippen LogP contribution in [0.1, 0.15) is 104 Å². The number of H-pyrrole nitrogens is 5. The van der Waals surface area contributed by atoms with Crippen LogP contribution in [0.25, 0.3) is 115 Å². The highest BCUT2D eigenvalue weighted by Crippen LogP contribution is 2.31. The van der Waals surface area contributed by atoms with E-state index in [-0.39, 0.29) is 64.2 Å². The minimum Gasteiger partial charge on any atom is -0.370 e.